The third kappa shape index (κ3) is 4.12. The van der Waals surface area contributed by atoms with Crippen LogP contribution in [0.5, 0.6) is 0 Å². The molecule has 0 aliphatic heterocycles. The van der Waals surface area contributed by atoms with Crippen molar-refractivity contribution in [1.82, 2.24) is 0 Å². The topological polar surface area (TPSA) is 71.4 Å². The minimum Gasteiger partial charge on any atom is -0.483 e. The summed E-state index contributed by atoms with van der Waals surface area (Å²) in [6.07, 6.45) is 0. The summed E-state index contributed by atoms with van der Waals surface area (Å²) in [6, 6.07) is 8.51. The molecule has 1 rings (SSSR count). The van der Waals surface area contributed by atoms with Crippen LogP contribution < -0.4 is 0 Å². The van der Waals surface area contributed by atoms with Gasteiger partial charge in [0.15, 0.2) is 9.84 Å². The number of carboxylic acid groups (broad SMARTS) is 1. The van der Waals surface area contributed by atoms with Crippen LogP contribution in [-0.4, -0.2) is 25.2 Å². The summed E-state index contributed by atoms with van der Waals surface area (Å²) in [5, 5.41) is 6.54. The molecule has 1 N–H and O–H groups in total. The van der Waals surface area contributed by atoms with Gasteiger partial charge in [-0.3, -0.25) is 4.79 Å². The molecule has 0 spiro atoms. The number of benzene rings is 1. The first-order valence-electron chi connectivity index (χ1n) is 4.33. The first-order chi connectivity index (χ1) is 6.96. The lowest BCUT2D eigenvalue weighted by atomic mass is 10.4. The Morgan fingerprint density at radius 2 is 1.60 bits per heavy atom. The Bertz CT molecular complexity index is 381. The number of rotatable bonds is 2. The second-order valence-corrected chi connectivity index (χ2v) is 5.52. The lowest BCUT2D eigenvalue weighted by molar-refractivity contribution is -0.122. The summed E-state index contributed by atoms with van der Waals surface area (Å²) in [4.78, 5) is 8.76. The molecule has 0 bridgehead atoms. The zero-order valence-electron chi connectivity index (χ0n) is 8.62. The van der Waals surface area contributed by atoms with E-state index >= 15 is 0 Å². The number of carbonyl (C=O) groups is 1. The molecule has 15 heavy (non-hydrogen) atoms. The van der Waals surface area contributed by atoms with Crippen molar-refractivity contribution < 1.29 is 18.3 Å². The van der Waals surface area contributed by atoms with Crippen LogP contribution in [0.25, 0.3) is 0 Å². The Kier molecular flexibility index (Phi) is 5.62. The number of sulfone groups is 1. The molecule has 0 aromatic heterocycles. The highest BCUT2D eigenvalue weighted by molar-refractivity contribution is 7.92. The van der Waals surface area contributed by atoms with Crippen LogP contribution >= 0.6 is 0 Å². The fraction of sp³-hybridized carbons (Fsp3) is 0.300. The van der Waals surface area contributed by atoms with E-state index in [4.69, 9.17) is 9.90 Å². The van der Waals surface area contributed by atoms with Crippen molar-refractivity contribution in [3.63, 3.8) is 0 Å². The molecule has 0 heterocycles. The Balaban J connectivity index is 0.000000583. The molecule has 0 unspecified atom stereocenters. The quantitative estimate of drug-likeness (QED) is 0.783. The van der Waals surface area contributed by atoms with Crippen LogP contribution in [-0.2, 0) is 14.6 Å². The zero-order chi connectivity index (χ0) is 11.9. The lowest BCUT2D eigenvalue weighted by Crippen LogP contribution is -2.13. The van der Waals surface area contributed by atoms with E-state index in [1.807, 2.05) is 0 Å². The molecular formula is C10H14O4S. The molecule has 84 valence electrons. The van der Waals surface area contributed by atoms with E-state index in [0.29, 0.717) is 4.90 Å². The summed E-state index contributed by atoms with van der Waals surface area (Å²) in [6.45, 7) is 3.12. The molecule has 0 radical (unpaired) electrons. The minimum atomic E-state index is -3.08. The molecule has 0 aliphatic rings. The summed E-state index contributed by atoms with van der Waals surface area (Å²) >= 11 is 0. The first-order valence-corrected chi connectivity index (χ1v) is 5.88. The van der Waals surface area contributed by atoms with Gasteiger partial charge in [-0.25, -0.2) is 8.42 Å². The maximum atomic E-state index is 11.5. The molecule has 0 atom stereocenters. The van der Waals surface area contributed by atoms with E-state index in [0.717, 1.165) is 0 Å². The SMILES string of the molecule is CC(C)S(=O)(=O)c1ccccc1.O=CO. The molecule has 1 aromatic rings. The van der Waals surface area contributed by atoms with Crippen LogP contribution in [0.3, 0.4) is 0 Å². The van der Waals surface area contributed by atoms with E-state index in [-0.39, 0.29) is 11.7 Å². The first kappa shape index (κ1) is 13.6. The Morgan fingerprint density at radius 1 is 1.20 bits per heavy atom. The van der Waals surface area contributed by atoms with Gasteiger partial charge in [0, 0.05) is 0 Å². The number of hydrogen-bond donors (Lipinski definition) is 1. The minimum absolute atomic E-state index is 0.250. The lowest BCUT2D eigenvalue weighted by Gasteiger charge is -2.06. The predicted molar refractivity (Wildman–Crippen MR) is 57.5 cm³/mol. The molecule has 0 saturated heterocycles. The Hall–Kier alpha value is -1.36. The van der Waals surface area contributed by atoms with Crippen molar-refractivity contribution >= 4 is 16.3 Å². The highest BCUT2D eigenvalue weighted by Gasteiger charge is 2.17. The van der Waals surface area contributed by atoms with Crippen LogP contribution in [0.4, 0.5) is 0 Å². The van der Waals surface area contributed by atoms with Gasteiger partial charge in [-0.1, -0.05) is 18.2 Å². The van der Waals surface area contributed by atoms with Crippen molar-refractivity contribution in [2.24, 2.45) is 0 Å². The van der Waals surface area contributed by atoms with Crippen molar-refractivity contribution in [3.05, 3.63) is 30.3 Å². The molecule has 0 fully saturated rings. The fourth-order valence-electron chi connectivity index (χ4n) is 0.882. The molecule has 0 amide bonds. The highest BCUT2D eigenvalue weighted by atomic mass is 32.2. The predicted octanol–water partition coefficient (Wildman–Crippen LogP) is 1.57. The van der Waals surface area contributed by atoms with Crippen LogP contribution in [0.1, 0.15) is 13.8 Å². The molecule has 0 saturated carbocycles. The second kappa shape index (κ2) is 6.19. The van der Waals surface area contributed by atoms with Gasteiger partial charge in [-0.2, -0.15) is 0 Å². The largest absolute Gasteiger partial charge is 0.483 e. The normalized spacial score (nSPS) is 10.3. The maximum absolute atomic E-state index is 11.5. The van der Waals surface area contributed by atoms with Crippen molar-refractivity contribution in [1.29, 1.82) is 0 Å². The van der Waals surface area contributed by atoms with Gasteiger partial charge in [0.25, 0.3) is 6.47 Å². The third-order valence-electron chi connectivity index (χ3n) is 1.69. The van der Waals surface area contributed by atoms with Gasteiger partial charge >= 0.3 is 0 Å². The zero-order valence-corrected chi connectivity index (χ0v) is 9.44. The van der Waals surface area contributed by atoms with Gasteiger partial charge in [-0.05, 0) is 26.0 Å². The van der Waals surface area contributed by atoms with E-state index in [9.17, 15) is 8.42 Å². The summed E-state index contributed by atoms with van der Waals surface area (Å²) < 4.78 is 23.1. The van der Waals surface area contributed by atoms with Crippen molar-refractivity contribution in [2.45, 2.75) is 24.0 Å². The molecule has 5 heteroatoms. The average molecular weight is 230 g/mol. The van der Waals surface area contributed by atoms with Crippen LogP contribution in [0.15, 0.2) is 35.2 Å². The van der Waals surface area contributed by atoms with Gasteiger partial charge < -0.3 is 5.11 Å². The van der Waals surface area contributed by atoms with Gasteiger partial charge in [-0.15, -0.1) is 0 Å². The van der Waals surface area contributed by atoms with E-state index in [2.05, 4.69) is 0 Å². The van der Waals surface area contributed by atoms with Crippen LogP contribution in [0.2, 0.25) is 0 Å². The highest BCUT2D eigenvalue weighted by Crippen LogP contribution is 2.14. The third-order valence-corrected chi connectivity index (χ3v) is 3.86. The fourth-order valence-corrected chi connectivity index (χ4v) is 1.96. The maximum Gasteiger partial charge on any atom is 0.290 e. The molecule has 1 aromatic carbocycles. The molecule has 4 nitrogen and oxygen atoms in total. The van der Waals surface area contributed by atoms with Crippen LogP contribution in [0, 0.1) is 0 Å². The smallest absolute Gasteiger partial charge is 0.290 e. The Morgan fingerprint density at radius 3 is 1.93 bits per heavy atom. The monoisotopic (exact) mass is 230 g/mol. The summed E-state index contributed by atoms with van der Waals surface area (Å²) in [7, 11) is -3.08. The van der Waals surface area contributed by atoms with E-state index in [1.165, 1.54) is 0 Å². The Labute approximate surface area is 89.5 Å². The van der Waals surface area contributed by atoms with Crippen molar-refractivity contribution in [3.8, 4) is 0 Å². The molecular weight excluding hydrogens is 216 g/mol. The summed E-state index contributed by atoms with van der Waals surface area (Å²) in [5.74, 6) is 0. The van der Waals surface area contributed by atoms with E-state index < -0.39 is 9.84 Å². The molecule has 0 aliphatic carbocycles. The average Bonchev–Trinajstić information content (AvgIpc) is 2.20. The standard InChI is InChI=1S/C9H12O2S.CH2O2/c1-8(2)12(10,11)9-6-4-3-5-7-9;2-1-3/h3-8H,1-2H3;1H,(H,2,3). The number of hydrogen-bond acceptors (Lipinski definition) is 3. The van der Waals surface area contributed by atoms with E-state index in [1.54, 1.807) is 44.2 Å². The second-order valence-electron chi connectivity index (χ2n) is 3.01. The van der Waals surface area contributed by atoms with Gasteiger partial charge in [0.1, 0.15) is 0 Å². The van der Waals surface area contributed by atoms with Gasteiger partial charge in [0.05, 0.1) is 10.1 Å². The van der Waals surface area contributed by atoms with Crippen molar-refractivity contribution in [2.75, 3.05) is 0 Å². The van der Waals surface area contributed by atoms with Gasteiger partial charge in [0.2, 0.25) is 0 Å². The summed E-state index contributed by atoms with van der Waals surface area (Å²) in [5.41, 5.74) is 0.